The first-order valence-electron chi connectivity index (χ1n) is 4.17. The van der Waals surface area contributed by atoms with Crippen molar-refractivity contribution in [3.05, 3.63) is 29.7 Å². The summed E-state index contributed by atoms with van der Waals surface area (Å²) in [5.41, 5.74) is 0.837. The zero-order chi connectivity index (χ0) is 10.1. The fourth-order valence-corrected chi connectivity index (χ4v) is 1.71. The van der Waals surface area contributed by atoms with E-state index in [1.165, 1.54) is 12.4 Å². The smallest absolute Gasteiger partial charge is 0.251 e. The van der Waals surface area contributed by atoms with Crippen LogP contribution in [-0.4, -0.2) is 22.4 Å². The van der Waals surface area contributed by atoms with Gasteiger partial charge in [0.1, 0.15) is 17.3 Å². The van der Waals surface area contributed by atoms with Crippen LogP contribution in [0.4, 0.5) is 5.82 Å². The molecule has 0 aliphatic carbocycles. The first-order chi connectivity index (χ1) is 6.74. The Morgan fingerprint density at radius 3 is 3.14 bits per heavy atom. The molecule has 0 aromatic carbocycles. The molecule has 2 heterocycles. The van der Waals surface area contributed by atoms with E-state index in [0.717, 1.165) is 5.56 Å². The maximum atomic E-state index is 11.4. The Balaban J connectivity index is 2.44. The quantitative estimate of drug-likeness (QED) is 0.516. The topological polar surface area (TPSA) is 46.1 Å². The van der Waals surface area contributed by atoms with E-state index in [2.05, 4.69) is 16.5 Å². The molecule has 0 atom stereocenters. The van der Waals surface area contributed by atoms with Gasteiger partial charge in [-0.3, -0.25) is 9.69 Å². The molecule has 5 heteroatoms. The summed E-state index contributed by atoms with van der Waals surface area (Å²) in [6, 6.07) is 0. The summed E-state index contributed by atoms with van der Waals surface area (Å²) in [6.07, 6.45) is 3.33. The summed E-state index contributed by atoms with van der Waals surface area (Å²) in [5.74, 6) is 0.452. The van der Waals surface area contributed by atoms with Gasteiger partial charge in [-0.25, -0.2) is 9.97 Å². The minimum Gasteiger partial charge on any atom is -0.293 e. The normalized spacial score (nSPS) is 13.9. The number of aromatic nitrogens is 2. The Kier molecular flexibility index (Phi) is 2.21. The molecule has 0 radical (unpaired) electrons. The highest BCUT2D eigenvalue weighted by Gasteiger charge is 2.26. The second-order valence-electron chi connectivity index (χ2n) is 2.91. The Bertz CT molecular complexity index is 405. The first kappa shape index (κ1) is 9.15. The van der Waals surface area contributed by atoms with Crippen LogP contribution in [0.2, 0.25) is 5.15 Å². The molecule has 4 nitrogen and oxygen atoms in total. The number of carbonyl (C=O) groups excluding carboxylic acids is 1. The maximum Gasteiger partial charge on any atom is 0.251 e. The van der Waals surface area contributed by atoms with E-state index in [-0.39, 0.29) is 5.91 Å². The molecule has 1 aromatic rings. The summed E-state index contributed by atoms with van der Waals surface area (Å²) in [7, 11) is 0. The van der Waals surface area contributed by atoms with Crippen LogP contribution in [0.1, 0.15) is 5.56 Å². The SMILES string of the molecule is C=CC(=O)N1CCc2c(Cl)ncnc21. The molecule has 0 bridgehead atoms. The van der Waals surface area contributed by atoms with Gasteiger partial charge in [-0.15, -0.1) is 0 Å². The molecule has 0 saturated carbocycles. The van der Waals surface area contributed by atoms with Crippen LogP contribution in [0, 0.1) is 0 Å². The van der Waals surface area contributed by atoms with Crippen molar-refractivity contribution in [3.63, 3.8) is 0 Å². The van der Waals surface area contributed by atoms with Gasteiger partial charge in [0.15, 0.2) is 0 Å². The molecule has 1 aliphatic heterocycles. The predicted octanol–water partition coefficient (Wildman–Crippen LogP) is 1.21. The van der Waals surface area contributed by atoms with Gasteiger partial charge in [-0.1, -0.05) is 18.2 Å². The van der Waals surface area contributed by atoms with Crippen molar-refractivity contribution < 1.29 is 4.79 Å². The lowest BCUT2D eigenvalue weighted by atomic mass is 10.3. The number of amides is 1. The molecule has 2 rings (SSSR count). The lowest BCUT2D eigenvalue weighted by molar-refractivity contribution is -0.114. The van der Waals surface area contributed by atoms with E-state index in [9.17, 15) is 4.79 Å². The van der Waals surface area contributed by atoms with Crippen molar-refractivity contribution in [1.82, 2.24) is 9.97 Å². The summed E-state index contributed by atoms with van der Waals surface area (Å²) in [4.78, 5) is 20.8. The molecule has 0 saturated heterocycles. The van der Waals surface area contributed by atoms with Gasteiger partial charge in [0.25, 0.3) is 5.91 Å². The summed E-state index contributed by atoms with van der Waals surface area (Å²) in [6.45, 7) is 4.03. The van der Waals surface area contributed by atoms with Crippen molar-refractivity contribution >= 4 is 23.3 Å². The minimum atomic E-state index is -0.154. The van der Waals surface area contributed by atoms with Gasteiger partial charge >= 0.3 is 0 Å². The van der Waals surface area contributed by atoms with Crippen LogP contribution in [0.3, 0.4) is 0 Å². The van der Waals surface area contributed by atoms with Crippen molar-refractivity contribution in [1.29, 1.82) is 0 Å². The van der Waals surface area contributed by atoms with E-state index in [0.29, 0.717) is 23.9 Å². The Morgan fingerprint density at radius 2 is 2.43 bits per heavy atom. The van der Waals surface area contributed by atoms with Gasteiger partial charge in [0.2, 0.25) is 0 Å². The van der Waals surface area contributed by atoms with Crippen molar-refractivity contribution in [2.45, 2.75) is 6.42 Å². The van der Waals surface area contributed by atoms with Crippen LogP contribution in [0.25, 0.3) is 0 Å². The minimum absolute atomic E-state index is 0.154. The van der Waals surface area contributed by atoms with E-state index in [1.54, 1.807) is 4.90 Å². The number of fused-ring (bicyclic) bond motifs is 1. The summed E-state index contributed by atoms with van der Waals surface area (Å²) in [5, 5.41) is 0.425. The van der Waals surface area contributed by atoms with E-state index in [1.807, 2.05) is 0 Å². The third-order valence-electron chi connectivity index (χ3n) is 2.15. The monoisotopic (exact) mass is 209 g/mol. The van der Waals surface area contributed by atoms with Crippen LogP contribution in [0.15, 0.2) is 19.0 Å². The van der Waals surface area contributed by atoms with Crippen molar-refractivity contribution in [3.8, 4) is 0 Å². The van der Waals surface area contributed by atoms with Gasteiger partial charge < -0.3 is 0 Å². The third kappa shape index (κ3) is 1.28. The molecule has 1 aliphatic rings. The average Bonchev–Trinajstić information content (AvgIpc) is 2.62. The lowest BCUT2D eigenvalue weighted by Crippen LogP contribution is -2.27. The largest absolute Gasteiger partial charge is 0.293 e. The molecule has 1 aromatic heterocycles. The Labute approximate surface area is 86.2 Å². The number of rotatable bonds is 1. The highest BCUT2D eigenvalue weighted by Crippen LogP contribution is 2.29. The highest BCUT2D eigenvalue weighted by molar-refractivity contribution is 6.30. The van der Waals surface area contributed by atoms with E-state index in [4.69, 9.17) is 11.6 Å². The number of carbonyl (C=O) groups is 1. The van der Waals surface area contributed by atoms with E-state index >= 15 is 0 Å². The number of anilines is 1. The summed E-state index contributed by atoms with van der Waals surface area (Å²) < 4.78 is 0. The van der Waals surface area contributed by atoms with Crippen LogP contribution < -0.4 is 4.90 Å². The number of nitrogens with zero attached hydrogens (tertiary/aromatic N) is 3. The van der Waals surface area contributed by atoms with Gasteiger partial charge in [-0.2, -0.15) is 0 Å². The van der Waals surface area contributed by atoms with Crippen molar-refractivity contribution in [2.75, 3.05) is 11.4 Å². The van der Waals surface area contributed by atoms with E-state index < -0.39 is 0 Å². The lowest BCUT2D eigenvalue weighted by Gasteiger charge is -2.12. The molecule has 72 valence electrons. The van der Waals surface area contributed by atoms with Gasteiger partial charge in [0, 0.05) is 12.1 Å². The molecule has 0 fully saturated rings. The molecule has 0 N–H and O–H groups in total. The molecule has 0 unspecified atom stereocenters. The third-order valence-corrected chi connectivity index (χ3v) is 2.48. The second-order valence-corrected chi connectivity index (χ2v) is 3.27. The van der Waals surface area contributed by atoms with Crippen LogP contribution in [0.5, 0.6) is 0 Å². The molecule has 0 spiro atoms. The van der Waals surface area contributed by atoms with Gasteiger partial charge in [0.05, 0.1) is 0 Å². The number of halogens is 1. The average molecular weight is 210 g/mol. The standard InChI is InChI=1S/C9H8ClN3O/c1-2-7(14)13-4-3-6-8(10)11-5-12-9(6)13/h2,5H,1,3-4H2. The number of hydrogen-bond donors (Lipinski definition) is 0. The first-order valence-corrected chi connectivity index (χ1v) is 4.55. The maximum absolute atomic E-state index is 11.4. The second kappa shape index (κ2) is 3.38. The fourth-order valence-electron chi connectivity index (χ4n) is 1.48. The van der Waals surface area contributed by atoms with Crippen LogP contribution >= 0.6 is 11.6 Å². The molecule has 14 heavy (non-hydrogen) atoms. The van der Waals surface area contributed by atoms with Crippen LogP contribution in [-0.2, 0) is 11.2 Å². The molecule has 1 amide bonds. The number of hydrogen-bond acceptors (Lipinski definition) is 3. The highest BCUT2D eigenvalue weighted by atomic mass is 35.5. The Morgan fingerprint density at radius 1 is 1.64 bits per heavy atom. The van der Waals surface area contributed by atoms with Gasteiger partial charge in [-0.05, 0) is 12.5 Å². The molecular weight excluding hydrogens is 202 g/mol. The zero-order valence-corrected chi connectivity index (χ0v) is 8.16. The van der Waals surface area contributed by atoms with Crippen molar-refractivity contribution in [2.24, 2.45) is 0 Å². The summed E-state index contributed by atoms with van der Waals surface area (Å²) >= 11 is 5.87. The zero-order valence-electron chi connectivity index (χ0n) is 7.40. The Hall–Kier alpha value is -1.42. The molecular formula is C9H8ClN3O. The predicted molar refractivity (Wildman–Crippen MR) is 53.3 cm³/mol. The fraction of sp³-hybridized carbons (Fsp3) is 0.222.